The van der Waals surface area contributed by atoms with E-state index in [1.165, 1.54) is 0 Å². The molecule has 1 aromatic heterocycles. The zero-order valence-corrected chi connectivity index (χ0v) is 11.6. The Labute approximate surface area is 121 Å². The van der Waals surface area contributed by atoms with E-state index in [0.717, 1.165) is 11.1 Å². The van der Waals surface area contributed by atoms with E-state index in [1.54, 1.807) is 12.3 Å². The maximum atomic E-state index is 6.00. The molecule has 4 nitrogen and oxygen atoms in total. The number of rotatable bonds is 4. The molecule has 19 heavy (non-hydrogen) atoms. The monoisotopic (exact) mass is 296 g/mol. The molecular formula is C13H14Cl2N4. The second-order valence-electron chi connectivity index (χ2n) is 4.15. The average molecular weight is 297 g/mol. The first-order valence-electron chi connectivity index (χ1n) is 5.72. The third-order valence-corrected chi connectivity index (χ3v) is 3.61. The van der Waals surface area contributed by atoms with Gasteiger partial charge in [0.05, 0.1) is 16.1 Å². The lowest BCUT2D eigenvalue weighted by molar-refractivity contribution is 0.552. The fraction of sp³-hybridized carbons (Fsp3) is 0.154. The largest absolute Gasteiger partial charge is 0.383 e. The highest BCUT2D eigenvalue weighted by molar-refractivity contribution is 6.42. The van der Waals surface area contributed by atoms with Crippen molar-refractivity contribution in [1.82, 2.24) is 10.4 Å². The van der Waals surface area contributed by atoms with Crippen LogP contribution in [0.2, 0.25) is 10.0 Å². The molecule has 0 spiro atoms. The third-order valence-electron chi connectivity index (χ3n) is 2.87. The van der Waals surface area contributed by atoms with Crippen molar-refractivity contribution in [3.63, 3.8) is 0 Å². The molecule has 1 atom stereocenters. The van der Waals surface area contributed by atoms with Crippen LogP contribution in [0.15, 0.2) is 36.5 Å². The summed E-state index contributed by atoms with van der Waals surface area (Å²) in [6.45, 7) is 0. The van der Waals surface area contributed by atoms with Crippen LogP contribution in [0.5, 0.6) is 0 Å². The second-order valence-corrected chi connectivity index (χ2v) is 4.96. The first-order chi connectivity index (χ1) is 9.11. The van der Waals surface area contributed by atoms with Gasteiger partial charge in [-0.3, -0.25) is 11.3 Å². The van der Waals surface area contributed by atoms with Crippen molar-refractivity contribution in [2.75, 3.05) is 5.73 Å². The van der Waals surface area contributed by atoms with E-state index in [4.69, 9.17) is 34.8 Å². The molecule has 0 aliphatic carbocycles. The van der Waals surface area contributed by atoms with Crippen molar-refractivity contribution in [3.8, 4) is 0 Å². The Balaban J connectivity index is 2.24. The normalized spacial score (nSPS) is 12.4. The number of halogens is 2. The summed E-state index contributed by atoms with van der Waals surface area (Å²) in [7, 11) is 0. The minimum absolute atomic E-state index is 0.133. The molecule has 0 bridgehead atoms. The molecule has 2 aromatic rings. The number of benzene rings is 1. The smallest absolute Gasteiger partial charge is 0.128 e. The zero-order valence-electron chi connectivity index (χ0n) is 10.1. The highest BCUT2D eigenvalue weighted by Crippen LogP contribution is 2.26. The van der Waals surface area contributed by atoms with E-state index in [0.29, 0.717) is 22.3 Å². The maximum Gasteiger partial charge on any atom is 0.128 e. The summed E-state index contributed by atoms with van der Waals surface area (Å²) < 4.78 is 0. The number of hydrazine groups is 1. The predicted octanol–water partition coefficient (Wildman–Crippen LogP) is 2.72. The van der Waals surface area contributed by atoms with Gasteiger partial charge >= 0.3 is 0 Å². The van der Waals surface area contributed by atoms with Crippen LogP contribution >= 0.6 is 23.2 Å². The molecule has 0 fully saturated rings. The Morgan fingerprint density at radius 1 is 1.21 bits per heavy atom. The number of nitrogen functional groups attached to an aromatic ring is 1. The second kappa shape index (κ2) is 6.21. The molecule has 100 valence electrons. The lowest BCUT2D eigenvalue weighted by Gasteiger charge is -2.17. The third kappa shape index (κ3) is 3.36. The number of nitrogens with two attached hydrogens (primary N) is 2. The molecule has 0 saturated heterocycles. The first-order valence-corrected chi connectivity index (χ1v) is 6.48. The van der Waals surface area contributed by atoms with Gasteiger partial charge < -0.3 is 5.73 Å². The van der Waals surface area contributed by atoms with Gasteiger partial charge in [-0.1, -0.05) is 35.3 Å². The van der Waals surface area contributed by atoms with Crippen molar-refractivity contribution in [2.24, 2.45) is 5.84 Å². The summed E-state index contributed by atoms with van der Waals surface area (Å²) in [6.07, 6.45) is 2.29. The molecule has 5 N–H and O–H groups in total. The van der Waals surface area contributed by atoms with Gasteiger partial charge in [-0.2, -0.15) is 0 Å². The van der Waals surface area contributed by atoms with Crippen LogP contribution in [0.4, 0.5) is 5.82 Å². The Hall–Kier alpha value is -1.33. The van der Waals surface area contributed by atoms with Crippen LogP contribution in [0, 0.1) is 0 Å². The number of hydrogen-bond acceptors (Lipinski definition) is 4. The van der Waals surface area contributed by atoms with Crippen LogP contribution < -0.4 is 17.0 Å². The van der Waals surface area contributed by atoms with Crippen molar-refractivity contribution >= 4 is 29.0 Å². The topological polar surface area (TPSA) is 77.0 Å². The summed E-state index contributed by atoms with van der Waals surface area (Å²) >= 11 is 11.9. The van der Waals surface area contributed by atoms with E-state index in [1.807, 2.05) is 24.3 Å². The standard InChI is InChI=1S/C13H14Cl2N4/c14-10-4-3-8(6-11(10)15)7-12(19-17)9-2-1-5-18-13(9)16/h1-6,12,19H,7,17H2,(H2,16,18). The molecule has 0 aliphatic rings. The Morgan fingerprint density at radius 2 is 2.00 bits per heavy atom. The van der Waals surface area contributed by atoms with Crippen molar-refractivity contribution in [3.05, 3.63) is 57.7 Å². The molecule has 1 heterocycles. The van der Waals surface area contributed by atoms with Crippen molar-refractivity contribution in [1.29, 1.82) is 0 Å². The fourth-order valence-corrected chi connectivity index (χ4v) is 2.21. The average Bonchev–Trinajstić information content (AvgIpc) is 2.41. The highest BCUT2D eigenvalue weighted by atomic mass is 35.5. The van der Waals surface area contributed by atoms with Gasteiger partial charge in [0.1, 0.15) is 5.82 Å². The fourth-order valence-electron chi connectivity index (χ4n) is 1.89. The minimum atomic E-state index is -0.133. The first kappa shape index (κ1) is 14.1. The molecule has 0 amide bonds. The highest BCUT2D eigenvalue weighted by Gasteiger charge is 2.14. The molecule has 1 unspecified atom stereocenters. The minimum Gasteiger partial charge on any atom is -0.383 e. The lowest BCUT2D eigenvalue weighted by atomic mass is 10.00. The number of hydrogen-bond donors (Lipinski definition) is 3. The van der Waals surface area contributed by atoms with Gasteiger partial charge in [0.2, 0.25) is 0 Å². The molecular weight excluding hydrogens is 283 g/mol. The summed E-state index contributed by atoms with van der Waals surface area (Å²) in [6, 6.07) is 9.08. The molecule has 0 saturated carbocycles. The van der Waals surface area contributed by atoms with Gasteiger partial charge in [-0.15, -0.1) is 0 Å². The van der Waals surface area contributed by atoms with E-state index in [2.05, 4.69) is 10.4 Å². The van der Waals surface area contributed by atoms with E-state index in [-0.39, 0.29) is 6.04 Å². The van der Waals surface area contributed by atoms with Gasteiger partial charge in [0, 0.05) is 11.8 Å². The van der Waals surface area contributed by atoms with Gasteiger partial charge in [-0.05, 0) is 30.2 Å². The quantitative estimate of drug-likeness (QED) is 0.599. The number of aromatic nitrogens is 1. The van der Waals surface area contributed by atoms with Gasteiger partial charge in [0.25, 0.3) is 0 Å². The number of nitrogens with zero attached hydrogens (tertiary/aromatic N) is 1. The van der Waals surface area contributed by atoms with E-state index in [9.17, 15) is 0 Å². The number of anilines is 1. The molecule has 0 aliphatic heterocycles. The Bertz CT molecular complexity index is 574. The van der Waals surface area contributed by atoms with Crippen LogP contribution in [-0.4, -0.2) is 4.98 Å². The SMILES string of the molecule is NNC(Cc1ccc(Cl)c(Cl)c1)c1cccnc1N. The maximum absolute atomic E-state index is 6.00. The summed E-state index contributed by atoms with van der Waals surface area (Å²) in [5.41, 5.74) is 10.5. The summed E-state index contributed by atoms with van der Waals surface area (Å²) in [5, 5.41) is 1.05. The number of pyridine rings is 1. The van der Waals surface area contributed by atoms with Crippen LogP contribution in [0.25, 0.3) is 0 Å². The van der Waals surface area contributed by atoms with Crippen LogP contribution in [0.3, 0.4) is 0 Å². The molecule has 2 rings (SSSR count). The number of nitrogens with one attached hydrogen (secondary N) is 1. The molecule has 6 heteroatoms. The summed E-state index contributed by atoms with van der Waals surface area (Å²) in [5.74, 6) is 6.06. The van der Waals surface area contributed by atoms with Crippen LogP contribution in [0.1, 0.15) is 17.2 Å². The van der Waals surface area contributed by atoms with Crippen molar-refractivity contribution < 1.29 is 0 Å². The van der Waals surface area contributed by atoms with Crippen LogP contribution in [-0.2, 0) is 6.42 Å². The lowest BCUT2D eigenvalue weighted by Crippen LogP contribution is -2.30. The molecule has 0 radical (unpaired) electrons. The van der Waals surface area contributed by atoms with Gasteiger partial charge in [-0.25, -0.2) is 4.98 Å². The van der Waals surface area contributed by atoms with Gasteiger partial charge in [0.15, 0.2) is 0 Å². The Morgan fingerprint density at radius 3 is 2.63 bits per heavy atom. The predicted molar refractivity (Wildman–Crippen MR) is 78.9 cm³/mol. The zero-order chi connectivity index (χ0) is 13.8. The van der Waals surface area contributed by atoms with E-state index < -0.39 is 0 Å². The molecule has 1 aromatic carbocycles. The van der Waals surface area contributed by atoms with E-state index >= 15 is 0 Å². The summed E-state index contributed by atoms with van der Waals surface area (Å²) in [4.78, 5) is 4.06. The van der Waals surface area contributed by atoms with Crippen molar-refractivity contribution in [2.45, 2.75) is 12.5 Å². The Kier molecular flexibility index (Phi) is 4.61.